The van der Waals surface area contributed by atoms with Crippen LogP contribution in [-0.2, 0) is 27.9 Å². The number of hydrogen-bond donors (Lipinski definition) is 2. The van der Waals surface area contributed by atoms with Gasteiger partial charge in [-0.15, -0.1) is 0 Å². The first-order valence-electron chi connectivity index (χ1n) is 20.9. The number of esters is 1. The molecule has 0 aromatic heterocycles. The zero-order valence-corrected chi connectivity index (χ0v) is 33.5. The molecule has 0 spiro atoms. The monoisotopic (exact) mass is 730 g/mol. The number of carbonyl (C=O) groups is 1. The normalized spacial score (nSPS) is 13.7. The van der Waals surface area contributed by atoms with Crippen LogP contribution in [0.15, 0.2) is 24.5 Å². The summed E-state index contributed by atoms with van der Waals surface area (Å²) >= 11 is 0. The Bertz CT molecular complexity index is 823. The van der Waals surface area contributed by atoms with Crippen molar-refractivity contribution < 1.29 is 32.8 Å². The first-order valence-corrected chi connectivity index (χ1v) is 22.4. The molecule has 0 radical (unpaired) electrons. The van der Waals surface area contributed by atoms with Gasteiger partial charge in [-0.2, -0.15) is 0 Å². The predicted octanol–water partition coefficient (Wildman–Crippen LogP) is 12.4. The second-order valence-corrected chi connectivity index (χ2v) is 15.4. The Morgan fingerprint density at radius 2 is 1.02 bits per heavy atom. The van der Waals surface area contributed by atoms with Gasteiger partial charge in [0, 0.05) is 13.0 Å². The van der Waals surface area contributed by atoms with E-state index in [2.05, 4.69) is 26.0 Å². The first kappa shape index (κ1) is 48.8. The minimum absolute atomic E-state index is 0.0335. The number of carbonyl (C=O) groups excluding carboxylic acids is 1. The largest absolute Gasteiger partial charge is 0.498 e. The van der Waals surface area contributed by atoms with Crippen molar-refractivity contribution >= 4 is 13.8 Å². The van der Waals surface area contributed by atoms with Crippen molar-refractivity contribution in [3.8, 4) is 0 Å². The van der Waals surface area contributed by atoms with Crippen molar-refractivity contribution in [1.82, 2.24) is 0 Å². The maximum Gasteiger partial charge on any atom is 0.472 e. The van der Waals surface area contributed by atoms with Crippen LogP contribution in [0.3, 0.4) is 0 Å². The Kier molecular flexibility index (Phi) is 38.1. The lowest BCUT2D eigenvalue weighted by Gasteiger charge is -2.19. The molecule has 0 aromatic carbocycles. The molecule has 2 unspecified atom stereocenters. The maximum absolute atomic E-state index is 12.5. The Labute approximate surface area is 308 Å². The number of rotatable bonds is 40. The SMILES string of the molecule is CCCCCCCCC=CCCCCCCCCCC(=O)OC(COC=CCCCCCCCCCCCCCC)COP(=O)(O)OCCN. The molecule has 9 heteroatoms. The summed E-state index contributed by atoms with van der Waals surface area (Å²) in [4.78, 5) is 22.4. The van der Waals surface area contributed by atoms with Gasteiger partial charge in [-0.25, -0.2) is 4.57 Å². The third-order valence-electron chi connectivity index (χ3n) is 8.94. The fourth-order valence-corrected chi connectivity index (χ4v) is 6.60. The molecule has 0 rings (SSSR count). The fourth-order valence-electron chi connectivity index (χ4n) is 5.84. The van der Waals surface area contributed by atoms with E-state index in [0.717, 1.165) is 32.1 Å². The van der Waals surface area contributed by atoms with Crippen molar-refractivity contribution in [2.24, 2.45) is 5.73 Å². The highest BCUT2D eigenvalue weighted by molar-refractivity contribution is 7.47. The van der Waals surface area contributed by atoms with Crippen molar-refractivity contribution in [1.29, 1.82) is 0 Å². The number of hydrogen-bond acceptors (Lipinski definition) is 7. The lowest BCUT2D eigenvalue weighted by molar-refractivity contribution is -0.153. The molecule has 0 saturated carbocycles. The fraction of sp³-hybridized carbons (Fsp3) is 0.878. The van der Waals surface area contributed by atoms with Gasteiger partial charge in [-0.3, -0.25) is 13.8 Å². The van der Waals surface area contributed by atoms with E-state index in [0.29, 0.717) is 6.42 Å². The summed E-state index contributed by atoms with van der Waals surface area (Å²) in [7, 11) is -4.29. The van der Waals surface area contributed by atoms with Crippen LogP contribution in [0.5, 0.6) is 0 Å². The maximum atomic E-state index is 12.5. The summed E-state index contributed by atoms with van der Waals surface area (Å²) < 4.78 is 33.1. The van der Waals surface area contributed by atoms with E-state index in [9.17, 15) is 14.3 Å². The zero-order valence-electron chi connectivity index (χ0n) is 32.6. The van der Waals surface area contributed by atoms with E-state index in [1.165, 1.54) is 148 Å². The zero-order chi connectivity index (χ0) is 36.6. The number of unbranched alkanes of at least 4 members (excludes halogenated alkanes) is 25. The number of allylic oxidation sites excluding steroid dienone is 3. The van der Waals surface area contributed by atoms with Gasteiger partial charge in [0.05, 0.1) is 19.5 Å². The Hall–Kier alpha value is -1.18. The number of phosphoric ester groups is 1. The molecule has 3 N–H and O–H groups in total. The van der Waals surface area contributed by atoms with Crippen LogP contribution in [0.1, 0.15) is 200 Å². The van der Waals surface area contributed by atoms with Gasteiger partial charge in [0.2, 0.25) is 0 Å². The Balaban J connectivity index is 4.09. The van der Waals surface area contributed by atoms with E-state index in [4.69, 9.17) is 24.3 Å². The van der Waals surface area contributed by atoms with Gasteiger partial charge in [-0.1, -0.05) is 161 Å². The summed E-state index contributed by atoms with van der Waals surface area (Å²) in [6, 6.07) is 0. The van der Waals surface area contributed by atoms with Crippen LogP contribution in [0.2, 0.25) is 0 Å². The molecule has 0 fully saturated rings. The molecule has 0 aliphatic rings. The molecule has 0 saturated heterocycles. The summed E-state index contributed by atoms with van der Waals surface area (Å²) in [5, 5.41) is 0. The molecule has 0 aliphatic heterocycles. The summed E-state index contributed by atoms with van der Waals surface area (Å²) in [6.45, 7) is 4.24. The number of nitrogens with two attached hydrogens (primary N) is 1. The third kappa shape index (κ3) is 38.1. The van der Waals surface area contributed by atoms with Gasteiger partial charge in [0.1, 0.15) is 6.61 Å². The molecule has 0 heterocycles. The van der Waals surface area contributed by atoms with Crippen LogP contribution in [-0.4, -0.2) is 43.3 Å². The lowest BCUT2D eigenvalue weighted by atomic mass is 10.0. The second kappa shape index (κ2) is 39.0. The van der Waals surface area contributed by atoms with E-state index < -0.39 is 13.9 Å². The molecule has 0 amide bonds. The highest BCUT2D eigenvalue weighted by atomic mass is 31.2. The van der Waals surface area contributed by atoms with Gasteiger partial charge in [-0.05, 0) is 51.0 Å². The molecule has 0 aromatic rings. The van der Waals surface area contributed by atoms with Crippen molar-refractivity contribution in [2.45, 2.75) is 206 Å². The number of ether oxygens (including phenoxy) is 2. The molecule has 2 atom stereocenters. The van der Waals surface area contributed by atoms with Gasteiger partial charge < -0.3 is 20.1 Å². The van der Waals surface area contributed by atoms with Gasteiger partial charge in [0.15, 0.2) is 6.10 Å². The minimum atomic E-state index is -4.29. The first-order chi connectivity index (χ1) is 24.4. The molecule has 296 valence electrons. The van der Waals surface area contributed by atoms with E-state index in [-0.39, 0.29) is 32.3 Å². The van der Waals surface area contributed by atoms with Crippen LogP contribution >= 0.6 is 7.82 Å². The van der Waals surface area contributed by atoms with Crippen molar-refractivity contribution in [3.05, 3.63) is 24.5 Å². The molecule has 0 aliphatic carbocycles. The smallest absolute Gasteiger partial charge is 0.472 e. The summed E-state index contributed by atoms with van der Waals surface area (Å²) in [5.74, 6) is -0.355. The van der Waals surface area contributed by atoms with Crippen LogP contribution in [0.25, 0.3) is 0 Å². The average Bonchev–Trinajstić information content (AvgIpc) is 3.10. The standard InChI is InChI=1S/C41H80NO7P/c1-3-5-7-9-11-13-15-17-19-20-21-22-24-26-28-30-32-34-41(43)49-40(39-48-50(44,45)47-37-35-42)38-46-36-33-31-29-27-25-23-18-16-14-12-10-8-6-4-2/h17,19,33,36,40H,3-16,18,20-32,34-35,37-39,42H2,1-2H3,(H,44,45). The molecule has 8 nitrogen and oxygen atoms in total. The average molecular weight is 730 g/mol. The summed E-state index contributed by atoms with van der Waals surface area (Å²) in [5.41, 5.74) is 5.36. The Morgan fingerprint density at radius 1 is 0.600 bits per heavy atom. The lowest BCUT2D eigenvalue weighted by Crippen LogP contribution is -2.27. The Morgan fingerprint density at radius 3 is 1.48 bits per heavy atom. The highest BCUT2D eigenvalue weighted by Crippen LogP contribution is 2.43. The van der Waals surface area contributed by atoms with Crippen molar-refractivity contribution in [2.75, 3.05) is 26.4 Å². The van der Waals surface area contributed by atoms with Gasteiger partial charge >= 0.3 is 13.8 Å². The molecular weight excluding hydrogens is 649 g/mol. The van der Waals surface area contributed by atoms with Gasteiger partial charge in [0.25, 0.3) is 0 Å². The van der Waals surface area contributed by atoms with Crippen LogP contribution < -0.4 is 5.73 Å². The van der Waals surface area contributed by atoms with Crippen molar-refractivity contribution in [3.63, 3.8) is 0 Å². The quantitative estimate of drug-likeness (QED) is 0.0210. The van der Waals surface area contributed by atoms with Crippen LogP contribution in [0.4, 0.5) is 0 Å². The summed E-state index contributed by atoms with van der Waals surface area (Å²) in [6.07, 6.45) is 42.8. The molecule has 50 heavy (non-hydrogen) atoms. The second-order valence-electron chi connectivity index (χ2n) is 13.9. The third-order valence-corrected chi connectivity index (χ3v) is 9.92. The molecule has 0 bridgehead atoms. The number of phosphoric acid groups is 1. The predicted molar refractivity (Wildman–Crippen MR) is 210 cm³/mol. The minimum Gasteiger partial charge on any atom is -0.498 e. The molecular formula is C41H80NO7P. The highest BCUT2D eigenvalue weighted by Gasteiger charge is 2.25. The van der Waals surface area contributed by atoms with E-state index in [1.54, 1.807) is 6.26 Å². The topological polar surface area (TPSA) is 117 Å². The van der Waals surface area contributed by atoms with E-state index in [1.807, 2.05) is 6.08 Å². The van der Waals surface area contributed by atoms with Crippen LogP contribution in [0, 0.1) is 0 Å². The van der Waals surface area contributed by atoms with E-state index >= 15 is 0 Å².